The number of nitrogens with zero attached hydrogens (tertiary/aromatic N) is 1. The Morgan fingerprint density at radius 2 is 1.72 bits per heavy atom. The molecule has 1 N–H and O–H groups in total. The second-order valence-corrected chi connectivity index (χ2v) is 7.78. The van der Waals surface area contributed by atoms with Gasteiger partial charge >= 0.3 is 5.97 Å². The van der Waals surface area contributed by atoms with Crippen molar-refractivity contribution < 1.29 is 18.8 Å². The average Bonchev–Trinajstić information content (AvgIpc) is 2.77. The molecule has 0 aliphatic carbocycles. The zero-order valence-corrected chi connectivity index (χ0v) is 16.1. The van der Waals surface area contributed by atoms with Gasteiger partial charge in [0.1, 0.15) is 12.4 Å². The van der Waals surface area contributed by atoms with Crippen molar-refractivity contribution in [3.05, 3.63) is 96.2 Å². The van der Waals surface area contributed by atoms with Crippen molar-refractivity contribution in [1.82, 2.24) is 4.98 Å². The molecule has 0 unspecified atom stereocenters. The summed E-state index contributed by atoms with van der Waals surface area (Å²) in [6, 6.07) is 24.9. The largest absolute Gasteiger partial charge is 0.487 e. The number of fused-ring (bicyclic) bond motifs is 1. The first-order valence-corrected chi connectivity index (χ1v) is 10.1. The highest BCUT2D eigenvalue weighted by Crippen LogP contribution is 2.24. The number of carbonyl (C=O) groups is 1. The third-order valence-corrected chi connectivity index (χ3v) is 5.82. The maximum atomic E-state index is 12.9. The first kappa shape index (κ1) is 18.8. The van der Waals surface area contributed by atoms with Gasteiger partial charge in [0.2, 0.25) is 0 Å². The number of aromatic nitrogens is 1. The number of aromatic carboxylic acids is 1. The topological polar surface area (TPSA) is 76.5 Å². The van der Waals surface area contributed by atoms with Crippen LogP contribution >= 0.6 is 0 Å². The van der Waals surface area contributed by atoms with Crippen LogP contribution in [0.5, 0.6) is 5.75 Å². The molecule has 0 saturated heterocycles. The SMILES string of the molecule is O=C(O)c1ccccc1[S@](=O)c1cccc(OCc2ccc3ccccc3n2)c1. The van der Waals surface area contributed by atoms with E-state index in [1.165, 1.54) is 6.07 Å². The van der Waals surface area contributed by atoms with E-state index in [1.54, 1.807) is 42.5 Å². The van der Waals surface area contributed by atoms with Gasteiger partial charge in [0, 0.05) is 10.3 Å². The molecule has 0 saturated carbocycles. The lowest BCUT2D eigenvalue weighted by Crippen LogP contribution is -2.04. The Bertz CT molecular complexity index is 1220. The van der Waals surface area contributed by atoms with Crippen LogP contribution in [0, 0.1) is 0 Å². The summed E-state index contributed by atoms with van der Waals surface area (Å²) in [5.74, 6) is -0.567. The van der Waals surface area contributed by atoms with Gasteiger partial charge in [-0.1, -0.05) is 42.5 Å². The Hall–Kier alpha value is -3.51. The zero-order chi connectivity index (χ0) is 20.2. The monoisotopic (exact) mass is 403 g/mol. The number of rotatable bonds is 6. The number of carboxylic acid groups (broad SMARTS) is 1. The summed E-state index contributed by atoms with van der Waals surface area (Å²) in [5.41, 5.74) is 1.71. The number of carboxylic acids is 1. The van der Waals surface area contributed by atoms with Crippen molar-refractivity contribution in [2.45, 2.75) is 16.4 Å². The minimum absolute atomic E-state index is 0.0255. The molecular weight excluding hydrogens is 386 g/mol. The van der Waals surface area contributed by atoms with Crippen molar-refractivity contribution >= 4 is 27.7 Å². The standard InChI is InChI=1S/C23H17NO4S/c25-23(26)20-9-2-4-11-22(20)29(27)19-8-5-7-18(14-19)28-15-17-13-12-16-6-1-3-10-21(16)24-17/h1-14H,15H2,(H,25,26)/t29-/m1/s1. The number of pyridine rings is 1. The Morgan fingerprint density at radius 1 is 0.931 bits per heavy atom. The smallest absolute Gasteiger partial charge is 0.336 e. The molecule has 0 bridgehead atoms. The van der Waals surface area contributed by atoms with Crippen molar-refractivity contribution in [3.8, 4) is 5.75 Å². The number of hydrogen-bond acceptors (Lipinski definition) is 4. The molecule has 6 heteroatoms. The molecule has 0 radical (unpaired) electrons. The molecule has 5 nitrogen and oxygen atoms in total. The lowest BCUT2D eigenvalue weighted by molar-refractivity contribution is 0.0693. The summed E-state index contributed by atoms with van der Waals surface area (Å²) >= 11 is 0. The third kappa shape index (κ3) is 4.17. The van der Waals surface area contributed by atoms with Crippen LogP contribution in [-0.2, 0) is 17.4 Å². The molecule has 0 amide bonds. The Morgan fingerprint density at radius 3 is 2.59 bits per heavy atom. The highest BCUT2D eigenvalue weighted by atomic mass is 32.2. The van der Waals surface area contributed by atoms with Crippen molar-refractivity contribution in [2.75, 3.05) is 0 Å². The normalized spacial score (nSPS) is 11.9. The van der Waals surface area contributed by atoms with E-state index in [0.717, 1.165) is 16.6 Å². The van der Waals surface area contributed by atoms with E-state index in [0.29, 0.717) is 10.6 Å². The van der Waals surface area contributed by atoms with Gasteiger partial charge in [-0.25, -0.2) is 14.0 Å². The van der Waals surface area contributed by atoms with Crippen molar-refractivity contribution in [1.29, 1.82) is 0 Å². The Kier molecular flexibility index (Phi) is 5.35. The fourth-order valence-electron chi connectivity index (χ4n) is 2.96. The number of ether oxygens (including phenoxy) is 1. The van der Waals surface area contributed by atoms with E-state index in [2.05, 4.69) is 4.98 Å². The van der Waals surface area contributed by atoms with Crippen LogP contribution in [0.2, 0.25) is 0 Å². The van der Waals surface area contributed by atoms with E-state index in [-0.39, 0.29) is 17.1 Å². The molecule has 4 aromatic rings. The first-order chi connectivity index (χ1) is 14.1. The molecule has 29 heavy (non-hydrogen) atoms. The van der Waals surface area contributed by atoms with Gasteiger partial charge in [-0.2, -0.15) is 0 Å². The third-order valence-electron chi connectivity index (χ3n) is 4.38. The van der Waals surface area contributed by atoms with Gasteiger partial charge in [-0.3, -0.25) is 0 Å². The fraction of sp³-hybridized carbons (Fsp3) is 0.0435. The quantitative estimate of drug-likeness (QED) is 0.506. The van der Waals surface area contributed by atoms with Gasteiger partial charge in [0.15, 0.2) is 0 Å². The second kappa shape index (κ2) is 8.24. The molecule has 3 aromatic carbocycles. The van der Waals surface area contributed by atoms with Crippen molar-refractivity contribution in [2.24, 2.45) is 0 Å². The van der Waals surface area contributed by atoms with E-state index in [9.17, 15) is 14.1 Å². The first-order valence-electron chi connectivity index (χ1n) is 8.93. The summed E-state index contributed by atoms with van der Waals surface area (Å²) in [7, 11) is -1.63. The van der Waals surface area contributed by atoms with Crippen molar-refractivity contribution in [3.63, 3.8) is 0 Å². The molecule has 1 heterocycles. The van der Waals surface area contributed by atoms with Gasteiger partial charge in [-0.15, -0.1) is 0 Å². The van der Waals surface area contributed by atoms with E-state index >= 15 is 0 Å². The Labute approximate surface area is 170 Å². The van der Waals surface area contributed by atoms with Crippen LogP contribution in [0.4, 0.5) is 0 Å². The fourth-order valence-corrected chi connectivity index (χ4v) is 4.19. The molecule has 4 rings (SSSR count). The molecule has 1 aromatic heterocycles. The molecule has 144 valence electrons. The summed E-state index contributed by atoms with van der Waals surface area (Å²) < 4.78 is 18.8. The maximum Gasteiger partial charge on any atom is 0.336 e. The van der Waals surface area contributed by atoms with Crippen LogP contribution < -0.4 is 4.74 Å². The van der Waals surface area contributed by atoms with E-state index in [4.69, 9.17) is 4.74 Å². The minimum Gasteiger partial charge on any atom is -0.487 e. The summed E-state index contributed by atoms with van der Waals surface area (Å²) in [4.78, 5) is 16.7. The lowest BCUT2D eigenvalue weighted by Gasteiger charge is -2.10. The molecule has 0 spiro atoms. The highest BCUT2D eigenvalue weighted by molar-refractivity contribution is 7.85. The summed E-state index contributed by atoms with van der Waals surface area (Å²) in [6.45, 7) is 0.270. The van der Waals surface area contributed by atoms with Crippen LogP contribution in [0.15, 0.2) is 94.7 Å². The van der Waals surface area contributed by atoms with Crippen LogP contribution in [0.1, 0.15) is 16.1 Å². The molecule has 0 aliphatic rings. The highest BCUT2D eigenvalue weighted by Gasteiger charge is 2.16. The van der Waals surface area contributed by atoms with Gasteiger partial charge in [-0.05, 0) is 42.5 Å². The van der Waals surface area contributed by atoms with Gasteiger partial charge in [0.05, 0.1) is 32.5 Å². The maximum absolute atomic E-state index is 12.9. The van der Waals surface area contributed by atoms with Crippen LogP contribution in [0.25, 0.3) is 10.9 Å². The molecular formula is C23H17NO4S. The summed E-state index contributed by atoms with van der Waals surface area (Å²) in [5, 5.41) is 10.4. The predicted octanol–water partition coefficient (Wildman–Crippen LogP) is 4.68. The van der Waals surface area contributed by atoms with E-state index < -0.39 is 16.8 Å². The zero-order valence-electron chi connectivity index (χ0n) is 15.3. The molecule has 0 fully saturated rings. The van der Waals surface area contributed by atoms with Crippen LogP contribution in [-0.4, -0.2) is 20.3 Å². The summed E-state index contributed by atoms with van der Waals surface area (Å²) in [6.07, 6.45) is 0. The van der Waals surface area contributed by atoms with E-state index in [1.807, 2.05) is 36.4 Å². The number of benzene rings is 3. The second-order valence-electron chi connectivity index (χ2n) is 6.33. The number of para-hydroxylation sites is 1. The molecule has 0 aliphatic heterocycles. The Balaban J connectivity index is 1.54. The average molecular weight is 403 g/mol. The van der Waals surface area contributed by atoms with Gasteiger partial charge in [0.25, 0.3) is 0 Å². The minimum atomic E-state index is -1.63. The lowest BCUT2D eigenvalue weighted by atomic mass is 10.2. The number of hydrogen-bond donors (Lipinski definition) is 1. The molecule has 1 atom stereocenters. The predicted molar refractivity (Wildman–Crippen MR) is 111 cm³/mol. The van der Waals surface area contributed by atoms with Gasteiger partial charge < -0.3 is 9.84 Å². The van der Waals surface area contributed by atoms with Crippen LogP contribution in [0.3, 0.4) is 0 Å².